The van der Waals surface area contributed by atoms with Gasteiger partial charge in [0, 0.05) is 0 Å². The topological polar surface area (TPSA) is 56.4 Å². The van der Waals surface area contributed by atoms with E-state index >= 15 is 0 Å². The van der Waals surface area contributed by atoms with Crippen LogP contribution in [-0.4, -0.2) is 5.11 Å². The summed E-state index contributed by atoms with van der Waals surface area (Å²) in [7, 11) is 0. The Balaban J connectivity index is 2.14. The first-order valence-corrected chi connectivity index (χ1v) is 5.22. The highest BCUT2D eigenvalue weighted by Gasteiger charge is 1.90. The zero-order valence-corrected chi connectivity index (χ0v) is 9.17. The lowest BCUT2D eigenvalue weighted by Gasteiger charge is -1.96. The molecule has 0 atom stereocenters. The van der Waals surface area contributed by atoms with Gasteiger partial charge in [-0.25, -0.2) is 5.53 Å². The van der Waals surface area contributed by atoms with Gasteiger partial charge in [0.15, 0.2) is 0 Å². The molecule has 2 aromatic carbocycles. The number of rotatable bonds is 3. The van der Waals surface area contributed by atoms with Crippen LogP contribution in [-0.2, 0) is 0 Å². The summed E-state index contributed by atoms with van der Waals surface area (Å²) in [6.45, 7) is 0. The third-order valence-electron chi connectivity index (χ3n) is 2.38. The Morgan fingerprint density at radius 3 is 1.76 bits per heavy atom. The Hall–Kier alpha value is -2.42. The van der Waals surface area contributed by atoms with E-state index in [1.54, 1.807) is 24.3 Å². The molecule has 0 aliphatic carbocycles. The van der Waals surface area contributed by atoms with Crippen LogP contribution in [0.1, 0.15) is 11.1 Å². The molecule has 3 nitrogen and oxygen atoms in total. The van der Waals surface area contributed by atoms with Crippen LogP contribution in [0.5, 0.6) is 5.75 Å². The first-order valence-electron chi connectivity index (χ1n) is 5.22. The smallest absolute Gasteiger partial charge is 0.115 e. The van der Waals surface area contributed by atoms with Crippen molar-refractivity contribution in [2.45, 2.75) is 0 Å². The van der Waals surface area contributed by atoms with Gasteiger partial charge in [-0.15, -0.1) is 0 Å². The summed E-state index contributed by atoms with van der Waals surface area (Å²) in [6.07, 6.45) is 3.94. The Bertz CT molecular complexity index is 527. The molecule has 3 heteroatoms. The average Bonchev–Trinajstić information content (AvgIpc) is 2.39. The van der Waals surface area contributed by atoms with E-state index < -0.39 is 0 Å². The molecule has 0 saturated carbocycles. The number of phenols is 1. The van der Waals surface area contributed by atoms with Gasteiger partial charge in [0.1, 0.15) is 5.75 Å². The molecule has 0 amide bonds. The van der Waals surface area contributed by atoms with E-state index in [-0.39, 0.29) is 5.75 Å². The molecule has 0 heterocycles. The summed E-state index contributed by atoms with van der Waals surface area (Å²) in [6, 6.07) is 14.4. The molecule has 0 unspecified atom stereocenters. The highest BCUT2D eigenvalue weighted by molar-refractivity contribution is 5.70. The standard InChI is InChI=1S/C14H12N2O/c15-16-13-7-3-11(4-8-13)1-2-12-5-9-14(17)10-6-12/h1-10,15,17H/b2-1+,16-15?. The molecule has 0 aliphatic rings. The second-order valence-corrected chi connectivity index (χ2v) is 3.63. The van der Waals surface area contributed by atoms with Crippen LogP contribution < -0.4 is 0 Å². The number of phenolic OH excluding ortho intramolecular Hbond substituents is 1. The van der Waals surface area contributed by atoms with Crippen molar-refractivity contribution in [3.63, 3.8) is 0 Å². The third-order valence-corrected chi connectivity index (χ3v) is 2.38. The molecule has 0 saturated heterocycles. The molecule has 0 radical (unpaired) electrons. The van der Waals surface area contributed by atoms with Crippen molar-refractivity contribution in [2.75, 3.05) is 0 Å². The molecule has 2 rings (SSSR count). The molecule has 0 spiro atoms. The Morgan fingerprint density at radius 1 is 0.824 bits per heavy atom. The van der Waals surface area contributed by atoms with Crippen LogP contribution in [0.25, 0.3) is 12.2 Å². The molecule has 0 fully saturated rings. The van der Waals surface area contributed by atoms with Gasteiger partial charge in [-0.2, -0.15) is 5.11 Å². The lowest BCUT2D eigenvalue weighted by atomic mass is 10.1. The molecule has 0 aromatic heterocycles. The van der Waals surface area contributed by atoms with E-state index in [4.69, 9.17) is 10.6 Å². The molecule has 0 bridgehead atoms. The molecule has 2 aromatic rings. The monoisotopic (exact) mass is 224 g/mol. The molecular formula is C14H12N2O. The fourth-order valence-electron chi connectivity index (χ4n) is 1.44. The van der Waals surface area contributed by atoms with Crippen LogP contribution >= 0.6 is 0 Å². The van der Waals surface area contributed by atoms with Gasteiger partial charge >= 0.3 is 0 Å². The zero-order valence-electron chi connectivity index (χ0n) is 9.17. The largest absolute Gasteiger partial charge is 0.508 e. The van der Waals surface area contributed by atoms with Gasteiger partial charge in [0.05, 0.1) is 5.69 Å². The van der Waals surface area contributed by atoms with Crippen molar-refractivity contribution in [1.82, 2.24) is 0 Å². The van der Waals surface area contributed by atoms with Gasteiger partial charge in [-0.1, -0.05) is 36.4 Å². The van der Waals surface area contributed by atoms with Crippen LogP contribution in [0.4, 0.5) is 5.69 Å². The van der Waals surface area contributed by atoms with E-state index in [0.29, 0.717) is 5.69 Å². The predicted octanol–water partition coefficient (Wildman–Crippen LogP) is 4.23. The second-order valence-electron chi connectivity index (χ2n) is 3.63. The van der Waals surface area contributed by atoms with Crippen LogP contribution in [0.2, 0.25) is 0 Å². The van der Waals surface area contributed by atoms with Gasteiger partial charge in [-0.3, -0.25) is 0 Å². The fraction of sp³-hybridized carbons (Fsp3) is 0. The lowest BCUT2D eigenvalue weighted by molar-refractivity contribution is 0.475. The van der Waals surface area contributed by atoms with Crippen molar-refractivity contribution in [1.29, 1.82) is 5.53 Å². The predicted molar refractivity (Wildman–Crippen MR) is 68.3 cm³/mol. The highest BCUT2D eigenvalue weighted by Crippen LogP contribution is 2.15. The maximum Gasteiger partial charge on any atom is 0.115 e. The lowest BCUT2D eigenvalue weighted by Crippen LogP contribution is -1.72. The van der Waals surface area contributed by atoms with E-state index in [2.05, 4.69) is 5.11 Å². The molecule has 17 heavy (non-hydrogen) atoms. The van der Waals surface area contributed by atoms with Crippen molar-refractivity contribution in [3.8, 4) is 5.75 Å². The van der Waals surface area contributed by atoms with Crippen LogP contribution in [0.15, 0.2) is 53.6 Å². The summed E-state index contributed by atoms with van der Waals surface area (Å²) in [5.74, 6) is 0.267. The molecule has 2 N–H and O–H groups in total. The van der Waals surface area contributed by atoms with Gasteiger partial charge in [0.25, 0.3) is 0 Å². The summed E-state index contributed by atoms with van der Waals surface area (Å²) in [5.41, 5.74) is 9.57. The number of nitrogens with one attached hydrogen (secondary N) is 1. The summed E-state index contributed by atoms with van der Waals surface area (Å²) in [5, 5.41) is 12.5. The molecule has 0 aliphatic heterocycles. The quantitative estimate of drug-likeness (QED) is 0.595. The van der Waals surface area contributed by atoms with E-state index in [1.807, 2.05) is 36.4 Å². The van der Waals surface area contributed by atoms with Gasteiger partial charge in [-0.05, 0) is 35.4 Å². The maximum absolute atomic E-state index is 9.15. The highest BCUT2D eigenvalue weighted by atomic mass is 16.3. The molecular weight excluding hydrogens is 212 g/mol. The normalized spacial score (nSPS) is 10.6. The van der Waals surface area contributed by atoms with Gasteiger partial charge < -0.3 is 5.11 Å². The summed E-state index contributed by atoms with van der Waals surface area (Å²) >= 11 is 0. The number of aromatic hydroxyl groups is 1. The first kappa shape index (κ1) is 11.1. The Labute approximate surface area is 99.6 Å². The van der Waals surface area contributed by atoms with Crippen LogP contribution in [0, 0.1) is 5.53 Å². The third kappa shape index (κ3) is 3.01. The molecule has 84 valence electrons. The van der Waals surface area contributed by atoms with Crippen molar-refractivity contribution in [3.05, 3.63) is 59.7 Å². The minimum atomic E-state index is 0.267. The van der Waals surface area contributed by atoms with E-state index in [0.717, 1.165) is 11.1 Å². The summed E-state index contributed by atoms with van der Waals surface area (Å²) in [4.78, 5) is 0. The van der Waals surface area contributed by atoms with Gasteiger partial charge in [0.2, 0.25) is 0 Å². The summed E-state index contributed by atoms with van der Waals surface area (Å²) < 4.78 is 0. The average molecular weight is 224 g/mol. The van der Waals surface area contributed by atoms with E-state index in [1.165, 1.54) is 0 Å². The second kappa shape index (κ2) is 5.07. The van der Waals surface area contributed by atoms with Crippen molar-refractivity contribution < 1.29 is 5.11 Å². The van der Waals surface area contributed by atoms with Crippen LogP contribution in [0.3, 0.4) is 0 Å². The number of hydrogen-bond donors (Lipinski definition) is 2. The number of benzene rings is 2. The number of nitrogens with zero attached hydrogens (tertiary/aromatic N) is 1. The maximum atomic E-state index is 9.15. The Morgan fingerprint density at radius 2 is 1.29 bits per heavy atom. The fourth-order valence-corrected chi connectivity index (χ4v) is 1.44. The minimum absolute atomic E-state index is 0.267. The van der Waals surface area contributed by atoms with Crippen molar-refractivity contribution in [2.24, 2.45) is 5.11 Å². The van der Waals surface area contributed by atoms with E-state index in [9.17, 15) is 0 Å². The zero-order chi connectivity index (χ0) is 12.1. The number of hydrogen-bond acceptors (Lipinski definition) is 3. The van der Waals surface area contributed by atoms with Crippen molar-refractivity contribution >= 4 is 17.8 Å². The Kier molecular flexibility index (Phi) is 3.31. The minimum Gasteiger partial charge on any atom is -0.508 e. The SMILES string of the molecule is N=Nc1ccc(/C=C/c2ccc(O)cc2)cc1. The first-order chi connectivity index (χ1) is 8.28.